The van der Waals surface area contributed by atoms with E-state index in [0.717, 1.165) is 31.2 Å². The molecule has 1 aliphatic heterocycles. The molecule has 1 aliphatic rings. The van der Waals surface area contributed by atoms with Crippen LogP contribution in [0.3, 0.4) is 0 Å². The van der Waals surface area contributed by atoms with Gasteiger partial charge in [0.15, 0.2) is 0 Å². The van der Waals surface area contributed by atoms with E-state index in [1.165, 1.54) is 4.90 Å². The van der Waals surface area contributed by atoms with Gasteiger partial charge in [-0.05, 0) is 24.8 Å². The summed E-state index contributed by atoms with van der Waals surface area (Å²) in [6, 6.07) is 8.58. The Hall–Kier alpha value is -2.08. The van der Waals surface area contributed by atoms with Gasteiger partial charge in [0.2, 0.25) is 5.91 Å². The van der Waals surface area contributed by atoms with Gasteiger partial charge in [-0.2, -0.15) is 0 Å². The molecule has 1 saturated heterocycles. The van der Waals surface area contributed by atoms with E-state index >= 15 is 0 Å². The van der Waals surface area contributed by atoms with Crippen LogP contribution in [-0.4, -0.2) is 58.7 Å². The quantitative estimate of drug-likeness (QED) is 0.719. The fourth-order valence-corrected chi connectivity index (χ4v) is 3.30. The molecule has 6 nitrogen and oxygen atoms in total. The van der Waals surface area contributed by atoms with E-state index in [1.807, 2.05) is 30.3 Å². The van der Waals surface area contributed by atoms with E-state index in [2.05, 4.69) is 13.8 Å². The van der Waals surface area contributed by atoms with Crippen LogP contribution in [0.25, 0.3) is 0 Å². The van der Waals surface area contributed by atoms with Crippen molar-refractivity contribution in [2.24, 2.45) is 0 Å². The van der Waals surface area contributed by atoms with E-state index < -0.39 is 18.2 Å². The first-order valence-electron chi connectivity index (χ1n) is 10.0. The van der Waals surface area contributed by atoms with Crippen LogP contribution in [-0.2, 0) is 16.1 Å². The number of likely N-dealkylation sites (tertiary alicyclic amines) is 1. The Morgan fingerprint density at radius 1 is 1.15 bits per heavy atom. The summed E-state index contributed by atoms with van der Waals surface area (Å²) in [6.45, 7) is 5.97. The Morgan fingerprint density at radius 3 is 2.37 bits per heavy atom. The number of hydrogen-bond acceptors (Lipinski definition) is 4. The van der Waals surface area contributed by atoms with E-state index in [9.17, 15) is 14.7 Å². The normalized spacial score (nSPS) is 19.1. The number of unbranched alkanes of at least 4 members (excludes halogenated alkanes) is 2. The van der Waals surface area contributed by atoms with Crippen molar-refractivity contribution >= 4 is 12.0 Å². The molecule has 150 valence electrons. The lowest BCUT2D eigenvalue weighted by atomic mass is 10.1. The van der Waals surface area contributed by atoms with E-state index in [1.54, 1.807) is 4.90 Å². The third-order valence-electron chi connectivity index (χ3n) is 4.93. The Labute approximate surface area is 162 Å². The summed E-state index contributed by atoms with van der Waals surface area (Å²) in [4.78, 5) is 28.8. The molecule has 0 spiro atoms. The van der Waals surface area contributed by atoms with Crippen LogP contribution >= 0.6 is 0 Å². The molecule has 0 radical (unpaired) electrons. The molecule has 2 rings (SSSR count). The van der Waals surface area contributed by atoms with E-state index in [4.69, 9.17) is 4.74 Å². The number of aliphatic hydroxyl groups is 1. The number of amides is 2. The van der Waals surface area contributed by atoms with Crippen molar-refractivity contribution in [3.8, 4) is 0 Å². The second-order valence-electron chi connectivity index (χ2n) is 7.07. The highest BCUT2D eigenvalue weighted by Crippen LogP contribution is 2.22. The highest BCUT2D eigenvalue weighted by Gasteiger charge is 2.43. The van der Waals surface area contributed by atoms with Crippen LogP contribution in [0, 0.1) is 0 Å². The second-order valence-corrected chi connectivity index (χ2v) is 7.07. The average molecular weight is 376 g/mol. The molecule has 1 N–H and O–H groups in total. The van der Waals surface area contributed by atoms with E-state index in [-0.39, 0.29) is 12.5 Å². The lowest BCUT2D eigenvalue weighted by molar-refractivity contribution is -0.138. The number of carbonyl (C=O) groups excluding carboxylic acids is 2. The summed E-state index contributed by atoms with van der Waals surface area (Å²) in [5.41, 5.74) is 0.890. The fraction of sp³-hybridized carbons (Fsp3) is 0.619. The standard InChI is InChI=1S/C21H32N2O4/c1-3-5-13-22(14-6-4-2)20(25)19-18(24)12-15-23(19)21(26)27-16-17-10-8-7-9-11-17/h7-11,18-19,24H,3-6,12-16H2,1-2H3/t18?,19-/m0/s1. The molecular weight excluding hydrogens is 344 g/mol. The molecule has 2 amide bonds. The summed E-state index contributed by atoms with van der Waals surface area (Å²) in [5.74, 6) is -0.168. The molecule has 6 heteroatoms. The number of nitrogens with zero attached hydrogens (tertiary/aromatic N) is 2. The van der Waals surface area contributed by atoms with Crippen LogP contribution in [0.4, 0.5) is 4.79 Å². The molecule has 1 aromatic carbocycles. The number of carbonyl (C=O) groups is 2. The molecule has 0 saturated carbocycles. The summed E-state index contributed by atoms with van der Waals surface area (Å²) in [7, 11) is 0. The van der Waals surface area contributed by atoms with Crippen LogP contribution in [0.5, 0.6) is 0 Å². The van der Waals surface area contributed by atoms with Crippen molar-refractivity contribution in [3.63, 3.8) is 0 Å². The number of rotatable bonds is 9. The molecular formula is C21H32N2O4. The van der Waals surface area contributed by atoms with Crippen molar-refractivity contribution in [1.29, 1.82) is 0 Å². The van der Waals surface area contributed by atoms with Gasteiger partial charge in [0.05, 0.1) is 6.10 Å². The van der Waals surface area contributed by atoms with Gasteiger partial charge in [0, 0.05) is 19.6 Å². The minimum absolute atomic E-state index is 0.155. The average Bonchev–Trinajstić information content (AvgIpc) is 3.08. The first kappa shape index (κ1) is 21.2. The van der Waals surface area contributed by atoms with Gasteiger partial charge in [0.1, 0.15) is 12.6 Å². The lowest BCUT2D eigenvalue weighted by Gasteiger charge is -2.31. The molecule has 1 aromatic rings. The molecule has 0 aliphatic carbocycles. The number of hydrogen-bond donors (Lipinski definition) is 1. The molecule has 0 bridgehead atoms. The Kier molecular flexibility index (Phi) is 8.58. The number of ether oxygens (including phenoxy) is 1. The van der Waals surface area contributed by atoms with Crippen LogP contribution in [0.2, 0.25) is 0 Å². The predicted molar refractivity (Wildman–Crippen MR) is 104 cm³/mol. The second kappa shape index (κ2) is 10.9. The maximum atomic E-state index is 13.1. The third-order valence-corrected chi connectivity index (χ3v) is 4.93. The van der Waals surface area contributed by atoms with Crippen LogP contribution in [0.1, 0.15) is 51.5 Å². The van der Waals surface area contributed by atoms with Gasteiger partial charge >= 0.3 is 6.09 Å². The van der Waals surface area contributed by atoms with Gasteiger partial charge in [-0.15, -0.1) is 0 Å². The summed E-state index contributed by atoms with van der Waals surface area (Å²) >= 11 is 0. The van der Waals surface area contributed by atoms with Crippen molar-refractivity contribution < 1.29 is 19.4 Å². The maximum absolute atomic E-state index is 13.1. The summed E-state index contributed by atoms with van der Waals surface area (Å²) in [6.07, 6.45) is 2.82. The largest absolute Gasteiger partial charge is 0.445 e. The zero-order valence-electron chi connectivity index (χ0n) is 16.5. The predicted octanol–water partition coefficient (Wildman–Crippen LogP) is 3.19. The third kappa shape index (κ3) is 5.96. The monoisotopic (exact) mass is 376 g/mol. The van der Waals surface area contributed by atoms with Crippen molar-refractivity contribution in [2.75, 3.05) is 19.6 Å². The minimum Gasteiger partial charge on any atom is -0.445 e. The van der Waals surface area contributed by atoms with Crippen LogP contribution in [0.15, 0.2) is 30.3 Å². The molecule has 0 aromatic heterocycles. The first-order chi connectivity index (χ1) is 13.1. The first-order valence-corrected chi connectivity index (χ1v) is 10.0. The minimum atomic E-state index is -0.845. The van der Waals surface area contributed by atoms with Gasteiger partial charge < -0.3 is 14.7 Å². The number of aliphatic hydroxyl groups excluding tert-OH is 1. The van der Waals surface area contributed by atoms with Gasteiger partial charge in [-0.25, -0.2) is 4.79 Å². The van der Waals surface area contributed by atoms with Crippen LogP contribution < -0.4 is 0 Å². The van der Waals surface area contributed by atoms with Gasteiger partial charge in [0.25, 0.3) is 0 Å². The van der Waals surface area contributed by atoms with Crippen molar-refractivity contribution in [1.82, 2.24) is 9.80 Å². The summed E-state index contributed by atoms with van der Waals surface area (Å²) in [5, 5.41) is 10.4. The lowest BCUT2D eigenvalue weighted by Crippen LogP contribution is -2.52. The maximum Gasteiger partial charge on any atom is 0.410 e. The molecule has 2 atom stereocenters. The van der Waals surface area contributed by atoms with Crippen molar-refractivity contribution in [2.45, 2.75) is 64.7 Å². The highest BCUT2D eigenvalue weighted by atomic mass is 16.6. The smallest absolute Gasteiger partial charge is 0.410 e. The number of benzene rings is 1. The molecule has 1 heterocycles. The van der Waals surface area contributed by atoms with Gasteiger partial charge in [-0.3, -0.25) is 9.69 Å². The van der Waals surface area contributed by atoms with Crippen molar-refractivity contribution in [3.05, 3.63) is 35.9 Å². The van der Waals surface area contributed by atoms with Gasteiger partial charge in [-0.1, -0.05) is 57.0 Å². The molecule has 27 heavy (non-hydrogen) atoms. The highest BCUT2D eigenvalue weighted by molar-refractivity contribution is 5.87. The topological polar surface area (TPSA) is 70.1 Å². The SMILES string of the molecule is CCCCN(CCCC)C(=O)[C@@H]1C(O)CCN1C(=O)OCc1ccccc1. The Morgan fingerprint density at radius 2 is 1.78 bits per heavy atom. The van der Waals surface area contributed by atoms with E-state index in [0.29, 0.717) is 26.1 Å². The summed E-state index contributed by atoms with van der Waals surface area (Å²) < 4.78 is 5.39. The zero-order valence-corrected chi connectivity index (χ0v) is 16.5. The Balaban J connectivity index is 2.02. The zero-order chi connectivity index (χ0) is 19.6. The fourth-order valence-electron chi connectivity index (χ4n) is 3.30. The molecule has 1 fully saturated rings. The Bertz CT molecular complexity index is 585. The molecule has 1 unspecified atom stereocenters.